The van der Waals surface area contributed by atoms with Gasteiger partial charge in [-0.25, -0.2) is 14.5 Å². The molecule has 2 aromatic rings. The average molecular weight is 387 g/mol. The van der Waals surface area contributed by atoms with Gasteiger partial charge < -0.3 is 14.2 Å². The number of benzene rings is 1. The van der Waals surface area contributed by atoms with Crippen LogP contribution in [0, 0.1) is 0 Å². The Morgan fingerprint density at radius 2 is 1.81 bits per heavy atom. The van der Waals surface area contributed by atoms with Gasteiger partial charge in [-0.15, -0.1) is 0 Å². The zero-order chi connectivity index (χ0) is 18.7. The van der Waals surface area contributed by atoms with Crippen molar-refractivity contribution in [2.75, 3.05) is 19.7 Å². The highest BCUT2D eigenvalue weighted by Gasteiger charge is 2.53. The van der Waals surface area contributed by atoms with Gasteiger partial charge in [-0.1, -0.05) is 12.1 Å². The minimum Gasteiger partial charge on any atom is -0.494 e. The lowest BCUT2D eigenvalue weighted by atomic mass is 10.1. The van der Waals surface area contributed by atoms with Crippen molar-refractivity contribution in [2.45, 2.75) is 31.6 Å². The molecule has 0 atom stereocenters. The van der Waals surface area contributed by atoms with Gasteiger partial charge in [0.2, 0.25) is 0 Å². The maximum absolute atomic E-state index is 11.5. The molecule has 0 bridgehead atoms. The Kier molecular flexibility index (Phi) is 5.13. The lowest BCUT2D eigenvalue weighted by Gasteiger charge is -2.40. The molecule has 142 valence electrons. The second-order valence-electron chi connectivity index (χ2n) is 6.67. The van der Waals surface area contributed by atoms with Crippen LogP contribution in [0.1, 0.15) is 25.7 Å². The third-order valence-electron chi connectivity index (χ3n) is 4.87. The molecule has 2 aliphatic heterocycles. The summed E-state index contributed by atoms with van der Waals surface area (Å²) in [5, 5.41) is 4.18. The molecule has 1 aromatic heterocycles. The van der Waals surface area contributed by atoms with Crippen molar-refractivity contribution in [1.82, 2.24) is 4.90 Å². The van der Waals surface area contributed by atoms with Gasteiger partial charge in [0.05, 0.1) is 6.61 Å². The van der Waals surface area contributed by atoms with E-state index in [0.717, 1.165) is 31.6 Å². The fourth-order valence-corrected chi connectivity index (χ4v) is 4.17. The van der Waals surface area contributed by atoms with Crippen LogP contribution in [-0.4, -0.2) is 42.4 Å². The van der Waals surface area contributed by atoms with Crippen LogP contribution < -0.4 is 4.74 Å². The van der Waals surface area contributed by atoms with Crippen LogP contribution in [0.4, 0.5) is 0 Å². The van der Waals surface area contributed by atoms with Crippen LogP contribution in [0.2, 0.25) is 0 Å². The fourth-order valence-electron chi connectivity index (χ4n) is 3.50. The summed E-state index contributed by atoms with van der Waals surface area (Å²) in [7, 11) is 0. The van der Waals surface area contributed by atoms with Crippen LogP contribution in [0.15, 0.2) is 41.1 Å². The third kappa shape index (κ3) is 3.84. The number of nitrogens with zero attached hydrogens (tertiary/aromatic N) is 1. The number of hydrogen-bond donors (Lipinski definition) is 0. The van der Waals surface area contributed by atoms with Crippen molar-refractivity contribution in [3.63, 3.8) is 0 Å². The molecule has 2 aliphatic rings. The SMILES string of the molecule is O=C1OC2(CCCCN2CCCOc2ccc(-c3ccsc3)cc2)OC1=O. The average Bonchev–Trinajstić information content (AvgIpc) is 3.30. The summed E-state index contributed by atoms with van der Waals surface area (Å²) < 4.78 is 16.3. The van der Waals surface area contributed by atoms with Crippen molar-refractivity contribution in [3.8, 4) is 16.9 Å². The molecule has 4 rings (SSSR count). The summed E-state index contributed by atoms with van der Waals surface area (Å²) in [6.07, 6.45) is 3.12. The number of thiophene rings is 1. The number of likely N-dealkylation sites (tertiary alicyclic amines) is 1. The van der Waals surface area contributed by atoms with E-state index in [0.29, 0.717) is 19.6 Å². The Hall–Kier alpha value is -2.38. The van der Waals surface area contributed by atoms with Gasteiger partial charge in [0.15, 0.2) is 0 Å². The zero-order valence-electron chi connectivity index (χ0n) is 14.9. The Bertz CT molecular complexity index is 786. The van der Waals surface area contributed by atoms with Gasteiger partial charge >= 0.3 is 17.8 Å². The summed E-state index contributed by atoms with van der Waals surface area (Å²) in [6, 6.07) is 10.1. The number of hydrogen-bond acceptors (Lipinski definition) is 7. The maximum atomic E-state index is 11.5. The first kappa shape index (κ1) is 18.0. The minimum atomic E-state index is -1.20. The summed E-state index contributed by atoms with van der Waals surface area (Å²) in [6.45, 7) is 1.90. The zero-order valence-corrected chi connectivity index (χ0v) is 15.7. The highest BCUT2D eigenvalue weighted by atomic mass is 32.1. The Balaban J connectivity index is 1.28. The van der Waals surface area contributed by atoms with E-state index >= 15 is 0 Å². The van der Waals surface area contributed by atoms with E-state index in [2.05, 4.69) is 29.0 Å². The first-order valence-corrected chi connectivity index (χ1v) is 10.1. The van der Waals surface area contributed by atoms with Gasteiger partial charge in [-0.2, -0.15) is 11.3 Å². The van der Waals surface area contributed by atoms with Gasteiger partial charge in [-0.3, -0.25) is 0 Å². The van der Waals surface area contributed by atoms with Gasteiger partial charge in [0, 0.05) is 19.5 Å². The van der Waals surface area contributed by atoms with E-state index in [4.69, 9.17) is 14.2 Å². The fraction of sp³-hybridized carbons (Fsp3) is 0.400. The smallest absolute Gasteiger partial charge is 0.421 e. The molecule has 0 aliphatic carbocycles. The molecule has 1 spiro atoms. The first-order chi connectivity index (χ1) is 13.2. The van der Waals surface area contributed by atoms with E-state index < -0.39 is 17.8 Å². The number of rotatable bonds is 6. The van der Waals surface area contributed by atoms with E-state index in [-0.39, 0.29) is 0 Å². The highest BCUT2D eigenvalue weighted by molar-refractivity contribution is 7.08. The van der Waals surface area contributed by atoms with Crippen molar-refractivity contribution in [1.29, 1.82) is 0 Å². The first-order valence-electron chi connectivity index (χ1n) is 9.13. The second-order valence-corrected chi connectivity index (χ2v) is 7.45. The minimum absolute atomic E-state index is 0.523. The third-order valence-corrected chi connectivity index (χ3v) is 5.56. The summed E-state index contributed by atoms with van der Waals surface area (Å²) in [4.78, 5) is 24.9. The van der Waals surface area contributed by atoms with E-state index in [9.17, 15) is 9.59 Å². The van der Waals surface area contributed by atoms with E-state index in [1.54, 1.807) is 11.3 Å². The van der Waals surface area contributed by atoms with Crippen LogP contribution >= 0.6 is 11.3 Å². The molecule has 0 radical (unpaired) electrons. The number of piperidine rings is 1. The Morgan fingerprint density at radius 3 is 2.52 bits per heavy atom. The molecular formula is C20H21NO5S. The molecule has 0 saturated carbocycles. The Morgan fingerprint density at radius 1 is 1.04 bits per heavy atom. The summed E-state index contributed by atoms with van der Waals surface area (Å²) >= 11 is 1.68. The lowest BCUT2D eigenvalue weighted by Crippen LogP contribution is -2.53. The molecule has 27 heavy (non-hydrogen) atoms. The van der Waals surface area contributed by atoms with E-state index in [1.165, 1.54) is 11.1 Å². The van der Waals surface area contributed by atoms with Crippen molar-refractivity contribution in [3.05, 3.63) is 41.1 Å². The maximum Gasteiger partial charge on any atom is 0.421 e. The van der Waals surface area contributed by atoms with Crippen LogP contribution in [0.3, 0.4) is 0 Å². The molecule has 1 aromatic carbocycles. The largest absolute Gasteiger partial charge is 0.494 e. The molecule has 0 N–H and O–H groups in total. The highest BCUT2D eigenvalue weighted by Crippen LogP contribution is 2.35. The normalized spacial score (nSPS) is 19.1. The molecule has 6 nitrogen and oxygen atoms in total. The number of carbonyl (C=O) groups excluding carboxylic acids is 2. The predicted molar refractivity (Wildman–Crippen MR) is 100 cm³/mol. The predicted octanol–water partition coefficient (Wildman–Crippen LogP) is 3.42. The molecule has 0 unspecified atom stereocenters. The van der Waals surface area contributed by atoms with Crippen LogP contribution in [0.5, 0.6) is 5.75 Å². The van der Waals surface area contributed by atoms with Crippen LogP contribution in [-0.2, 0) is 19.1 Å². The Labute approximate surface area is 161 Å². The standard InChI is InChI=1S/C20H21NO5S/c22-18-19(23)26-20(25-18)9-1-2-10-21(20)11-3-12-24-17-6-4-15(5-7-17)16-8-13-27-14-16/h4-8,13-14H,1-3,9-12H2. The van der Waals surface area contributed by atoms with Gasteiger partial charge in [-0.05, 0) is 59.3 Å². The lowest BCUT2D eigenvalue weighted by molar-refractivity contribution is -0.263. The van der Waals surface area contributed by atoms with Gasteiger partial charge in [0.25, 0.3) is 0 Å². The number of carbonyl (C=O) groups is 2. The van der Waals surface area contributed by atoms with E-state index in [1.807, 2.05) is 17.0 Å². The molecule has 0 amide bonds. The van der Waals surface area contributed by atoms with Crippen molar-refractivity contribution in [2.24, 2.45) is 0 Å². The van der Waals surface area contributed by atoms with Crippen molar-refractivity contribution < 1.29 is 23.8 Å². The molecular weight excluding hydrogens is 366 g/mol. The summed E-state index contributed by atoms with van der Waals surface area (Å²) in [5.74, 6) is -2.18. The number of esters is 2. The quantitative estimate of drug-likeness (QED) is 0.430. The van der Waals surface area contributed by atoms with Gasteiger partial charge in [0.1, 0.15) is 5.75 Å². The monoisotopic (exact) mass is 387 g/mol. The topological polar surface area (TPSA) is 65.1 Å². The molecule has 3 heterocycles. The van der Waals surface area contributed by atoms with Crippen molar-refractivity contribution >= 4 is 23.3 Å². The molecule has 7 heteroatoms. The number of ether oxygens (including phenoxy) is 3. The molecule has 2 fully saturated rings. The summed E-state index contributed by atoms with van der Waals surface area (Å²) in [5.41, 5.74) is 2.38. The molecule has 2 saturated heterocycles. The second kappa shape index (κ2) is 7.70. The van der Waals surface area contributed by atoms with Crippen LogP contribution in [0.25, 0.3) is 11.1 Å².